The molecule has 2 aromatic rings. The summed E-state index contributed by atoms with van der Waals surface area (Å²) in [4.78, 5) is 4.01. The Morgan fingerprint density at radius 3 is 2.30 bits per heavy atom. The van der Waals surface area contributed by atoms with Gasteiger partial charge in [0.2, 0.25) is 0 Å². The van der Waals surface area contributed by atoms with Crippen LogP contribution in [0, 0.1) is 0 Å². The molecule has 3 nitrogen and oxygen atoms in total. The van der Waals surface area contributed by atoms with Crippen molar-refractivity contribution < 1.29 is 13.2 Å². The number of rotatable bonds is 4. The van der Waals surface area contributed by atoms with Gasteiger partial charge in [-0.15, -0.1) is 0 Å². The molecule has 0 radical (unpaired) electrons. The van der Waals surface area contributed by atoms with Crippen LogP contribution in [0.15, 0.2) is 24.5 Å². The number of nitrogens with two attached hydrogens (primary N) is 1. The second-order valence-corrected chi connectivity index (χ2v) is 6.32. The third-order valence-electron chi connectivity index (χ3n) is 3.86. The van der Waals surface area contributed by atoms with Crippen LogP contribution in [-0.4, -0.2) is 9.55 Å². The Hall–Kier alpha value is -1.98. The lowest BCUT2D eigenvalue weighted by atomic mass is 9.94. The molecular formula is C17H22F3N3. The molecule has 0 spiro atoms. The SMILES string of the molecule is CC(C)c1c(C(F)(F)F)cn(Cc2cccnc2N)c1C(C)C. The van der Waals surface area contributed by atoms with Crippen LogP contribution in [0.4, 0.5) is 19.0 Å². The fraction of sp³-hybridized carbons (Fsp3) is 0.471. The monoisotopic (exact) mass is 325 g/mol. The molecule has 0 saturated carbocycles. The molecule has 0 unspecified atom stereocenters. The maximum Gasteiger partial charge on any atom is 0.418 e. The van der Waals surface area contributed by atoms with Crippen molar-refractivity contribution in [1.82, 2.24) is 9.55 Å². The van der Waals surface area contributed by atoms with Crippen LogP contribution in [0.5, 0.6) is 0 Å². The van der Waals surface area contributed by atoms with Crippen molar-refractivity contribution in [2.24, 2.45) is 0 Å². The van der Waals surface area contributed by atoms with E-state index in [1.54, 1.807) is 36.7 Å². The molecule has 0 aliphatic rings. The molecule has 2 heterocycles. The topological polar surface area (TPSA) is 43.8 Å². The maximum atomic E-state index is 13.4. The van der Waals surface area contributed by atoms with Gasteiger partial charge in [-0.2, -0.15) is 13.2 Å². The first-order chi connectivity index (χ1) is 10.6. The van der Waals surface area contributed by atoms with Crippen molar-refractivity contribution in [3.8, 4) is 0 Å². The zero-order valence-electron chi connectivity index (χ0n) is 13.8. The third kappa shape index (κ3) is 3.51. The Bertz CT molecular complexity index is 685. The quantitative estimate of drug-likeness (QED) is 0.879. The molecule has 126 valence electrons. The molecule has 0 fully saturated rings. The number of nitrogens with zero attached hydrogens (tertiary/aromatic N) is 2. The lowest BCUT2D eigenvalue weighted by Gasteiger charge is -2.18. The average molecular weight is 325 g/mol. The normalized spacial score (nSPS) is 12.4. The van der Waals surface area contributed by atoms with Crippen molar-refractivity contribution >= 4 is 5.82 Å². The molecule has 2 aromatic heterocycles. The van der Waals surface area contributed by atoms with E-state index in [2.05, 4.69) is 4.98 Å². The number of hydrogen-bond acceptors (Lipinski definition) is 2. The van der Waals surface area contributed by atoms with E-state index in [-0.39, 0.29) is 18.4 Å². The minimum Gasteiger partial charge on any atom is -0.383 e. The molecule has 0 atom stereocenters. The van der Waals surface area contributed by atoms with E-state index in [9.17, 15) is 13.2 Å². The Morgan fingerprint density at radius 2 is 1.83 bits per heavy atom. The van der Waals surface area contributed by atoms with Crippen molar-refractivity contribution in [2.75, 3.05) is 5.73 Å². The molecule has 0 amide bonds. The first-order valence-electron chi connectivity index (χ1n) is 7.62. The number of hydrogen-bond donors (Lipinski definition) is 1. The number of anilines is 1. The van der Waals surface area contributed by atoms with E-state index < -0.39 is 11.7 Å². The summed E-state index contributed by atoms with van der Waals surface area (Å²) in [6.07, 6.45) is -1.59. The summed E-state index contributed by atoms with van der Waals surface area (Å²) in [6.45, 7) is 7.68. The van der Waals surface area contributed by atoms with Gasteiger partial charge >= 0.3 is 6.18 Å². The van der Waals surface area contributed by atoms with Gasteiger partial charge in [0.25, 0.3) is 0 Å². The summed E-state index contributed by atoms with van der Waals surface area (Å²) in [5, 5.41) is 0. The van der Waals surface area contributed by atoms with Gasteiger partial charge in [-0.25, -0.2) is 4.98 Å². The van der Waals surface area contributed by atoms with Crippen molar-refractivity contribution in [1.29, 1.82) is 0 Å². The van der Waals surface area contributed by atoms with Gasteiger partial charge in [0, 0.05) is 23.7 Å². The zero-order valence-corrected chi connectivity index (χ0v) is 13.8. The van der Waals surface area contributed by atoms with Gasteiger partial charge in [0.05, 0.1) is 12.1 Å². The number of pyridine rings is 1. The van der Waals surface area contributed by atoms with Crippen LogP contribution in [0.3, 0.4) is 0 Å². The smallest absolute Gasteiger partial charge is 0.383 e. The van der Waals surface area contributed by atoms with Crippen molar-refractivity contribution in [3.05, 3.63) is 46.9 Å². The number of nitrogen functional groups attached to an aromatic ring is 1. The summed E-state index contributed by atoms with van der Waals surface area (Å²) < 4.78 is 42.0. The standard InChI is InChI=1S/C17H22F3N3/c1-10(2)14-13(17(18,19)20)9-23(15(14)11(3)4)8-12-6-5-7-22-16(12)21/h5-7,9-11H,8H2,1-4H3,(H2,21,22). The van der Waals surface area contributed by atoms with Crippen molar-refractivity contribution in [3.63, 3.8) is 0 Å². The summed E-state index contributed by atoms with van der Waals surface area (Å²) in [6, 6.07) is 3.52. The second kappa shape index (κ2) is 6.26. The second-order valence-electron chi connectivity index (χ2n) is 6.32. The molecule has 2 rings (SSSR count). The number of halogens is 3. The highest BCUT2D eigenvalue weighted by Crippen LogP contribution is 2.40. The van der Waals surface area contributed by atoms with Gasteiger partial charge in [-0.3, -0.25) is 0 Å². The molecule has 0 aliphatic carbocycles. The third-order valence-corrected chi connectivity index (χ3v) is 3.86. The molecule has 2 N–H and O–H groups in total. The molecule has 0 saturated heterocycles. The molecule has 0 aliphatic heterocycles. The van der Waals surface area contributed by atoms with E-state index in [4.69, 9.17) is 5.73 Å². The van der Waals surface area contributed by atoms with Crippen LogP contribution < -0.4 is 5.73 Å². The maximum absolute atomic E-state index is 13.4. The summed E-state index contributed by atoms with van der Waals surface area (Å²) in [7, 11) is 0. The van der Waals surface area contributed by atoms with Gasteiger partial charge in [0.15, 0.2) is 0 Å². The number of alkyl halides is 3. The molecule has 0 bridgehead atoms. The van der Waals surface area contributed by atoms with Crippen LogP contribution in [-0.2, 0) is 12.7 Å². The minimum atomic E-state index is -4.37. The predicted molar refractivity (Wildman–Crippen MR) is 85.4 cm³/mol. The lowest BCUT2D eigenvalue weighted by molar-refractivity contribution is -0.138. The predicted octanol–water partition coefficient (Wildman–Crippen LogP) is 4.78. The Labute approximate surface area is 134 Å². The highest BCUT2D eigenvalue weighted by Gasteiger charge is 2.38. The highest BCUT2D eigenvalue weighted by molar-refractivity contribution is 5.42. The zero-order chi connectivity index (χ0) is 17.4. The Balaban J connectivity index is 2.61. The summed E-state index contributed by atoms with van der Waals surface area (Å²) in [5.74, 6) is 0.105. The minimum absolute atomic E-state index is 0.0265. The molecule has 23 heavy (non-hydrogen) atoms. The fourth-order valence-corrected chi connectivity index (χ4v) is 2.96. The van der Waals surface area contributed by atoms with E-state index in [1.807, 2.05) is 13.8 Å². The largest absolute Gasteiger partial charge is 0.418 e. The lowest BCUT2D eigenvalue weighted by Crippen LogP contribution is -2.10. The molecular weight excluding hydrogens is 303 g/mol. The first kappa shape index (κ1) is 17.4. The van der Waals surface area contributed by atoms with E-state index in [0.29, 0.717) is 22.6 Å². The van der Waals surface area contributed by atoms with Crippen LogP contribution in [0.2, 0.25) is 0 Å². The highest BCUT2D eigenvalue weighted by atomic mass is 19.4. The number of aromatic nitrogens is 2. The van der Waals surface area contributed by atoms with Crippen LogP contribution in [0.1, 0.15) is 61.9 Å². The van der Waals surface area contributed by atoms with Gasteiger partial charge in [-0.05, 0) is 23.5 Å². The van der Waals surface area contributed by atoms with E-state index in [0.717, 1.165) is 0 Å². The van der Waals surface area contributed by atoms with Crippen molar-refractivity contribution in [2.45, 2.75) is 52.3 Å². The average Bonchev–Trinajstić information content (AvgIpc) is 2.81. The van der Waals surface area contributed by atoms with E-state index in [1.165, 1.54) is 6.20 Å². The van der Waals surface area contributed by atoms with Gasteiger partial charge in [-0.1, -0.05) is 33.8 Å². The summed E-state index contributed by atoms with van der Waals surface area (Å²) >= 11 is 0. The van der Waals surface area contributed by atoms with Gasteiger partial charge in [0.1, 0.15) is 5.82 Å². The van der Waals surface area contributed by atoms with Crippen LogP contribution >= 0.6 is 0 Å². The van der Waals surface area contributed by atoms with Gasteiger partial charge < -0.3 is 10.3 Å². The Kier molecular flexibility index (Phi) is 4.73. The molecule has 6 heteroatoms. The first-order valence-corrected chi connectivity index (χ1v) is 7.62. The molecule has 0 aromatic carbocycles. The van der Waals surface area contributed by atoms with E-state index >= 15 is 0 Å². The summed E-state index contributed by atoms with van der Waals surface area (Å²) in [5.41, 5.74) is 7.07. The van der Waals surface area contributed by atoms with Crippen LogP contribution in [0.25, 0.3) is 0 Å². The fourth-order valence-electron chi connectivity index (χ4n) is 2.96. The Morgan fingerprint density at radius 1 is 1.17 bits per heavy atom.